The lowest BCUT2D eigenvalue weighted by Gasteiger charge is -2.21. The lowest BCUT2D eigenvalue weighted by molar-refractivity contribution is -0.154. The zero-order valence-corrected chi connectivity index (χ0v) is 22.5. The third-order valence-corrected chi connectivity index (χ3v) is 5.33. The first-order valence-corrected chi connectivity index (χ1v) is 12.4. The van der Waals surface area contributed by atoms with Gasteiger partial charge in [-0.2, -0.15) is 0 Å². The first-order valence-electron chi connectivity index (χ1n) is 12.4. The summed E-state index contributed by atoms with van der Waals surface area (Å²) >= 11 is 0. The molecule has 1 atom stereocenters. The SMILES string of the molecule is CCCOC(=O)Oc1ccc(C[C@H](NCCOC(=O)C(C)(C)CC)C(=O)OC)cc1OC(=O)OCCC. The van der Waals surface area contributed by atoms with Crippen molar-refractivity contribution in [1.82, 2.24) is 5.32 Å². The van der Waals surface area contributed by atoms with E-state index in [1.807, 2.05) is 20.8 Å². The van der Waals surface area contributed by atoms with Gasteiger partial charge in [0, 0.05) is 6.54 Å². The largest absolute Gasteiger partial charge is 0.513 e. The lowest BCUT2D eigenvalue weighted by Crippen LogP contribution is -2.41. The fourth-order valence-electron chi connectivity index (χ4n) is 2.79. The minimum absolute atomic E-state index is 0.0497. The molecule has 0 spiro atoms. The van der Waals surface area contributed by atoms with Crippen LogP contribution in [0.1, 0.15) is 59.4 Å². The molecule has 208 valence electrons. The second kappa shape index (κ2) is 16.4. The van der Waals surface area contributed by atoms with Crippen molar-refractivity contribution in [2.45, 2.75) is 66.3 Å². The maximum Gasteiger partial charge on any atom is 0.513 e. The number of hydrogen-bond acceptors (Lipinski definition) is 11. The number of rotatable bonds is 15. The van der Waals surface area contributed by atoms with E-state index in [0.717, 1.165) is 0 Å². The minimum Gasteiger partial charge on any atom is -0.468 e. The molecular weight excluding hydrogens is 486 g/mol. The normalized spacial score (nSPS) is 11.7. The maximum atomic E-state index is 12.4. The Morgan fingerprint density at radius 2 is 1.46 bits per heavy atom. The van der Waals surface area contributed by atoms with Gasteiger partial charge in [-0.3, -0.25) is 9.59 Å². The van der Waals surface area contributed by atoms with Crippen molar-refractivity contribution >= 4 is 24.2 Å². The van der Waals surface area contributed by atoms with Crippen molar-refractivity contribution in [2.24, 2.45) is 5.41 Å². The Hall–Kier alpha value is -3.34. The summed E-state index contributed by atoms with van der Waals surface area (Å²) in [5, 5.41) is 3.01. The number of hydrogen-bond donors (Lipinski definition) is 1. The molecule has 1 N–H and O–H groups in total. The summed E-state index contributed by atoms with van der Waals surface area (Å²) < 4.78 is 30.5. The Labute approximate surface area is 218 Å². The molecule has 0 heterocycles. The first kappa shape index (κ1) is 31.7. The summed E-state index contributed by atoms with van der Waals surface area (Å²) in [5.74, 6) is -0.984. The highest BCUT2D eigenvalue weighted by atomic mass is 16.7. The monoisotopic (exact) mass is 525 g/mol. The van der Waals surface area contributed by atoms with Crippen LogP contribution in [-0.4, -0.2) is 63.8 Å². The summed E-state index contributed by atoms with van der Waals surface area (Å²) in [5.41, 5.74) is -0.0250. The fourth-order valence-corrected chi connectivity index (χ4v) is 2.79. The Bertz CT molecular complexity index is 899. The van der Waals surface area contributed by atoms with Gasteiger partial charge in [-0.05, 0) is 57.2 Å². The van der Waals surface area contributed by atoms with E-state index in [1.54, 1.807) is 19.9 Å². The quantitative estimate of drug-likeness (QED) is 0.153. The predicted molar refractivity (Wildman–Crippen MR) is 134 cm³/mol. The molecule has 11 nitrogen and oxygen atoms in total. The number of nitrogens with one attached hydrogen (secondary N) is 1. The van der Waals surface area contributed by atoms with Crippen molar-refractivity contribution in [3.05, 3.63) is 23.8 Å². The second-order valence-corrected chi connectivity index (χ2v) is 8.79. The van der Waals surface area contributed by atoms with E-state index < -0.39 is 29.7 Å². The van der Waals surface area contributed by atoms with Crippen LogP contribution in [0.5, 0.6) is 11.5 Å². The predicted octanol–water partition coefficient (Wildman–Crippen LogP) is 4.19. The number of benzene rings is 1. The second-order valence-electron chi connectivity index (χ2n) is 8.79. The molecule has 1 aromatic rings. The molecule has 1 rings (SSSR count). The highest BCUT2D eigenvalue weighted by Gasteiger charge is 2.27. The fraction of sp³-hybridized carbons (Fsp3) is 0.615. The van der Waals surface area contributed by atoms with Gasteiger partial charge in [0.05, 0.1) is 25.7 Å². The van der Waals surface area contributed by atoms with Gasteiger partial charge in [0.1, 0.15) is 12.6 Å². The Kier molecular flexibility index (Phi) is 14.1. The van der Waals surface area contributed by atoms with E-state index in [4.69, 9.17) is 28.4 Å². The molecule has 0 aromatic heterocycles. The summed E-state index contributed by atoms with van der Waals surface area (Å²) in [6.07, 6.45) is 0.0671. The van der Waals surface area contributed by atoms with Crippen molar-refractivity contribution in [3.63, 3.8) is 0 Å². The van der Waals surface area contributed by atoms with Gasteiger partial charge in [0.25, 0.3) is 0 Å². The third-order valence-electron chi connectivity index (χ3n) is 5.33. The van der Waals surface area contributed by atoms with E-state index in [2.05, 4.69) is 5.32 Å². The number of carbonyl (C=O) groups is 4. The van der Waals surface area contributed by atoms with Gasteiger partial charge in [0.2, 0.25) is 0 Å². The molecule has 0 fully saturated rings. The standard InChI is InChI=1S/C26H39NO10/c1-7-13-34-24(30)36-20-11-10-18(17-21(20)37-25(31)35-14-8-2)16-19(22(28)32-6)27-12-15-33-23(29)26(4,5)9-3/h10-11,17,19,27H,7-9,12-16H2,1-6H3/t19-/m0/s1. The topological polar surface area (TPSA) is 136 Å². The highest BCUT2D eigenvalue weighted by molar-refractivity contribution is 5.77. The number of esters is 2. The molecule has 11 heteroatoms. The molecule has 0 radical (unpaired) electrons. The molecule has 0 bridgehead atoms. The van der Waals surface area contributed by atoms with Gasteiger partial charge < -0.3 is 33.7 Å². The molecule has 0 aliphatic rings. The zero-order valence-electron chi connectivity index (χ0n) is 22.5. The van der Waals surface area contributed by atoms with Crippen molar-refractivity contribution < 1.29 is 47.6 Å². The molecular formula is C26H39NO10. The smallest absolute Gasteiger partial charge is 0.468 e. The van der Waals surface area contributed by atoms with Crippen LogP contribution >= 0.6 is 0 Å². The molecule has 0 unspecified atom stereocenters. The molecule has 0 amide bonds. The third kappa shape index (κ3) is 11.5. The van der Waals surface area contributed by atoms with E-state index in [-0.39, 0.29) is 50.3 Å². The summed E-state index contributed by atoms with van der Waals surface area (Å²) in [6, 6.07) is 3.70. The Balaban J connectivity index is 2.97. The minimum atomic E-state index is -0.967. The average molecular weight is 526 g/mol. The van der Waals surface area contributed by atoms with Gasteiger partial charge >= 0.3 is 24.2 Å². The molecule has 0 aliphatic carbocycles. The first-order chi connectivity index (χ1) is 17.6. The van der Waals surface area contributed by atoms with Crippen LogP contribution in [0.25, 0.3) is 0 Å². The van der Waals surface area contributed by atoms with Crippen molar-refractivity contribution in [3.8, 4) is 11.5 Å². The molecule has 0 saturated heterocycles. The summed E-state index contributed by atoms with van der Waals surface area (Å²) in [4.78, 5) is 48.5. The van der Waals surface area contributed by atoms with Crippen molar-refractivity contribution in [2.75, 3.05) is 33.5 Å². The lowest BCUT2D eigenvalue weighted by atomic mass is 9.91. The van der Waals surface area contributed by atoms with Gasteiger partial charge in [-0.15, -0.1) is 0 Å². The Morgan fingerprint density at radius 3 is 2.00 bits per heavy atom. The number of methoxy groups -OCH3 is 1. The van der Waals surface area contributed by atoms with Crippen LogP contribution in [0.2, 0.25) is 0 Å². The van der Waals surface area contributed by atoms with E-state index in [9.17, 15) is 19.2 Å². The van der Waals surface area contributed by atoms with E-state index in [1.165, 1.54) is 19.2 Å². The van der Waals surface area contributed by atoms with Crippen LogP contribution in [0, 0.1) is 5.41 Å². The average Bonchev–Trinajstić information content (AvgIpc) is 2.88. The van der Waals surface area contributed by atoms with Crippen LogP contribution in [0.4, 0.5) is 9.59 Å². The highest BCUT2D eigenvalue weighted by Crippen LogP contribution is 2.30. The maximum absolute atomic E-state index is 12.4. The number of ether oxygens (including phenoxy) is 6. The molecule has 0 aliphatic heterocycles. The van der Waals surface area contributed by atoms with Crippen molar-refractivity contribution in [1.29, 1.82) is 0 Å². The van der Waals surface area contributed by atoms with Crippen LogP contribution in [-0.2, 0) is 35.0 Å². The summed E-state index contributed by atoms with van der Waals surface area (Å²) in [7, 11) is 1.26. The molecule has 0 saturated carbocycles. The van der Waals surface area contributed by atoms with Gasteiger partial charge in [-0.1, -0.05) is 26.8 Å². The summed E-state index contributed by atoms with van der Waals surface area (Å²) in [6.45, 7) is 9.77. The van der Waals surface area contributed by atoms with Crippen LogP contribution < -0.4 is 14.8 Å². The Morgan fingerprint density at radius 1 is 0.865 bits per heavy atom. The molecule has 37 heavy (non-hydrogen) atoms. The number of carbonyl (C=O) groups excluding carboxylic acids is 4. The van der Waals surface area contributed by atoms with Crippen LogP contribution in [0.3, 0.4) is 0 Å². The van der Waals surface area contributed by atoms with Gasteiger partial charge in [0.15, 0.2) is 11.5 Å². The zero-order chi connectivity index (χ0) is 27.8. The van der Waals surface area contributed by atoms with E-state index >= 15 is 0 Å². The van der Waals surface area contributed by atoms with Crippen LogP contribution in [0.15, 0.2) is 18.2 Å². The van der Waals surface area contributed by atoms with Gasteiger partial charge in [-0.25, -0.2) is 9.59 Å². The van der Waals surface area contributed by atoms with E-state index in [0.29, 0.717) is 24.8 Å². The molecule has 1 aromatic carbocycles.